The average Bonchev–Trinajstić information content (AvgIpc) is 2.62. The van der Waals surface area contributed by atoms with Crippen LogP contribution < -0.4 is 19.6 Å². The van der Waals surface area contributed by atoms with E-state index < -0.39 is 0 Å². The average molecular weight is 407 g/mol. The number of ether oxygens (including phenoxy) is 3. The van der Waals surface area contributed by atoms with Crippen LogP contribution in [0.5, 0.6) is 17.2 Å². The highest BCUT2D eigenvalue weighted by atomic mass is 79.9. The first kappa shape index (κ1) is 18.8. The van der Waals surface area contributed by atoms with Gasteiger partial charge in [-0.05, 0) is 37.3 Å². The lowest BCUT2D eigenvalue weighted by atomic mass is 10.2. The zero-order chi connectivity index (χ0) is 18.1. The Balaban J connectivity index is 1.91. The van der Waals surface area contributed by atoms with Gasteiger partial charge in [-0.1, -0.05) is 28.1 Å². The maximum atomic E-state index is 11.9. The van der Waals surface area contributed by atoms with Crippen LogP contribution in [-0.2, 0) is 4.79 Å². The minimum Gasteiger partial charge on any atom is -0.493 e. The molecule has 0 radical (unpaired) electrons. The molecule has 0 aromatic heterocycles. The summed E-state index contributed by atoms with van der Waals surface area (Å²) in [6.07, 6.45) is 1.52. The number of amides is 1. The van der Waals surface area contributed by atoms with Gasteiger partial charge in [0.05, 0.1) is 19.9 Å². The molecular formula is C18H19BrN2O4. The summed E-state index contributed by atoms with van der Waals surface area (Å²) in [6, 6.07) is 12.7. The number of hydrogen-bond acceptors (Lipinski definition) is 5. The molecule has 0 fully saturated rings. The first-order valence-electron chi connectivity index (χ1n) is 7.64. The van der Waals surface area contributed by atoms with E-state index in [0.717, 1.165) is 10.0 Å². The molecular weight excluding hydrogens is 388 g/mol. The molecule has 0 aliphatic heterocycles. The third kappa shape index (κ3) is 5.79. The SMILES string of the molecule is CCOc1ccc(Br)cc1/C=N\NC(=O)COc1ccccc1OC. The molecule has 0 saturated carbocycles. The van der Waals surface area contributed by atoms with Crippen molar-refractivity contribution >= 4 is 28.1 Å². The van der Waals surface area contributed by atoms with Gasteiger partial charge in [0.15, 0.2) is 18.1 Å². The number of rotatable bonds is 8. The summed E-state index contributed by atoms with van der Waals surface area (Å²) < 4.78 is 17.0. The Hall–Kier alpha value is -2.54. The normalized spacial score (nSPS) is 10.5. The van der Waals surface area contributed by atoms with Gasteiger partial charge in [-0.3, -0.25) is 4.79 Å². The number of nitrogens with zero attached hydrogens (tertiary/aromatic N) is 1. The minimum atomic E-state index is -0.380. The van der Waals surface area contributed by atoms with Gasteiger partial charge in [-0.2, -0.15) is 5.10 Å². The van der Waals surface area contributed by atoms with Gasteiger partial charge in [-0.15, -0.1) is 0 Å². The van der Waals surface area contributed by atoms with Crippen molar-refractivity contribution in [3.63, 3.8) is 0 Å². The van der Waals surface area contributed by atoms with Gasteiger partial charge in [0, 0.05) is 10.0 Å². The van der Waals surface area contributed by atoms with Crippen molar-refractivity contribution in [2.75, 3.05) is 20.3 Å². The third-order valence-corrected chi connectivity index (χ3v) is 3.59. The highest BCUT2D eigenvalue weighted by Gasteiger charge is 2.06. The molecule has 2 aromatic rings. The number of methoxy groups -OCH3 is 1. The van der Waals surface area contributed by atoms with Gasteiger partial charge in [0.25, 0.3) is 5.91 Å². The lowest BCUT2D eigenvalue weighted by Crippen LogP contribution is -2.24. The fraction of sp³-hybridized carbons (Fsp3) is 0.222. The van der Waals surface area contributed by atoms with E-state index in [1.54, 1.807) is 25.3 Å². The van der Waals surface area contributed by atoms with Crippen LogP contribution in [0.2, 0.25) is 0 Å². The van der Waals surface area contributed by atoms with Gasteiger partial charge in [0.2, 0.25) is 0 Å². The van der Waals surface area contributed by atoms with Crippen molar-refractivity contribution in [2.24, 2.45) is 5.10 Å². The largest absolute Gasteiger partial charge is 0.493 e. The fourth-order valence-corrected chi connectivity index (χ4v) is 2.37. The van der Waals surface area contributed by atoms with Gasteiger partial charge in [0.1, 0.15) is 5.75 Å². The monoisotopic (exact) mass is 406 g/mol. The summed E-state index contributed by atoms with van der Waals surface area (Å²) in [7, 11) is 1.54. The summed E-state index contributed by atoms with van der Waals surface area (Å²) in [5.74, 6) is 1.37. The molecule has 1 amide bonds. The molecule has 6 nitrogen and oxygen atoms in total. The highest BCUT2D eigenvalue weighted by molar-refractivity contribution is 9.10. The maximum absolute atomic E-state index is 11.9. The van der Waals surface area contributed by atoms with E-state index in [1.807, 2.05) is 31.2 Å². The van der Waals surface area contributed by atoms with Gasteiger partial charge < -0.3 is 14.2 Å². The predicted octanol–water partition coefficient (Wildman–Crippen LogP) is 3.39. The van der Waals surface area contributed by atoms with Crippen LogP contribution in [0.1, 0.15) is 12.5 Å². The van der Waals surface area contributed by atoms with Crippen LogP contribution in [0.25, 0.3) is 0 Å². The fourth-order valence-electron chi connectivity index (χ4n) is 1.99. The van der Waals surface area contributed by atoms with E-state index >= 15 is 0 Å². The Morgan fingerprint density at radius 2 is 1.92 bits per heavy atom. The van der Waals surface area contributed by atoms with E-state index in [0.29, 0.717) is 23.9 Å². The zero-order valence-corrected chi connectivity index (χ0v) is 15.6. The van der Waals surface area contributed by atoms with Crippen LogP contribution in [-0.4, -0.2) is 32.4 Å². The van der Waals surface area contributed by atoms with E-state index in [9.17, 15) is 4.79 Å². The molecule has 0 aliphatic carbocycles. The molecule has 25 heavy (non-hydrogen) atoms. The topological polar surface area (TPSA) is 69.2 Å². The van der Waals surface area contributed by atoms with Crippen LogP contribution in [0.3, 0.4) is 0 Å². The van der Waals surface area contributed by atoms with Gasteiger partial charge in [-0.25, -0.2) is 5.43 Å². The molecule has 0 atom stereocenters. The van der Waals surface area contributed by atoms with Crippen molar-refractivity contribution in [1.82, 2.24) is 5.43 Å². The number of carbonyl (C=O) groups excluding carboxylic acids is 1. The van der Waals surface area contributed by atoms with Crippen LogP contribution >= 0.6 is 15.9 Å². The zero-order valence-electron chi connectivity index (χ0n) is 14.0. The van der Waals surface area contributed by atoms with Crippen LogP contribution in [0.4, 0.5) is 0 Å². The van der Waals surface area contributed by atoms with Crippen LogP contribution in [0, 0.1) is 0 Å². The lowest BCUT2D eigenvalue weighted by molar-refractivity contribution is -0.123. The van der Waals surface area contributed by atoms with E-state index in [-0.39, 0.29) is 12.5 Å². The Kier molecular flexibility index (Phi) is 7.28. The molecule has 2 rings (SSSR count). The van der Waals surface area contributed by atoms with Crippen molar-refractivity contribution in [1.29, 1.82) is 0 Å². The molecule has 0 aliphatic rings. The molecule has 0 heterocycles. The molecule has 0 saturated heterocycles. The second kappa shape index (κ2) is 9.68. The second-order valence-corrected chi connectivity index (χ2v) is 5.76. The second-order valence-electron chi connectivity index (χ2n) is 4.85. The standard InChI is InChI=1S/C18H19BrN2O4/c1-3-24-15-9-8-14(19)10-13(15)11-20-21-18(22)12-25-17-7-5-4-6-16(17)23-2/h4-11H,3,12H2,1-2H3,(H,21,22)/b20-11-. The number of nitrogens with one attached hydrogen (secondary N) is 1. The number of carbonyl (C=O) groups is 1. The molecule has 0 spiro atoms. The molecule has 2 aromatic carbocycles. The number of benzene rings is 2. The smallest absolute Gasteiger partial charge is 0.277 e. The Bertz CT molecular complexity index is 750. The van der Waals surface area contributed by atoms with E-state index in [4.69, 9.17) is 14.2 Å². The number of hydrogen-bond donors (Lipinski definition) is 1. The predicted molar refractivity (Wildman–Crippen MR) is 99.5 cm³/mol. The highest BCUT2D eigenvalue weighted by Crippen LogP contribution is 2.25. The van der Waals surface area contributed by atoms with Crippen molar-refractivity contribution in [3.8, 4) is 17.2 Å². The summed E-state index contributed by atoms with van der Waals surface area (Å²) in [5, 5.41) is 3.94. The summed E-state index contributed by atoms with van der Waals surface area (Å²) in [6.45, 7) is 2.27. The summed E-state index contributed by atoms with van der Waals surface area (Å²) in [5.41, 5.74) is 3.17. The first-order valence-corrected chi connectivity index (χ1v) is 8.43. The van der Waals surface area contributed by atoms with Crippen molar-refractivity contribution < 1.29 is 19.0 Å². The molecule has 1 N–H and O–H groups in total. The Morgan fingerprint density at radius 1 is 1.16 bits per heavy atom. The molecule has 132 valence electrons. The number of para-hydroxylation sites is 2. The summed E-state index contributed by atoms with van der Waals surface area (Å²) >= 11 is 3.40. The Morgan fingerprint density at radius 3 is 2.64 bits per heavy atom. The quantitative estimate of drug-likeness (QED) is 0.538. The van der Waals surface area contributed by atoms with Gasteiger partial charge >= 0.3 is 0 Å². The summed E-state index contributed by atoms with van der Waals surface area (Å²) in [4.78, 5) is 11.9. The van der Waals surface area contributed by atoms with Crippen molar-refractivity contribution in [2.45, 2.75) is 6.92 Å². The minimum absolute atomic E-state index is 0.172. The molecule has 0 bridgehead atoms. The lowest BCUT2D eigenvalue weighted by Gasteiger charge is -2.09. The molecule has 0 unspecified atom stereocenters. The molecule has 7 heteroatoms. The van der Waals surface area contributed by atoms with Crippen molar-refractivity contribution in [3.05, 3.63) is 52.5 Å². The Labute approximate surface area is 154 Å². The van der Waals surface area contributed by atoms with E-state index in [2.05, 4.69) is 26.5 Å². The first-order chi connectivity index (χ1) is 12.1. The van der Waals surface area contributed by atoms with Crippen LogP contribution in [0.15, 0.2) is 52.0 Å². The third-order valence-electron chi connectivity index (χ3n) is 3.09. The van der Waals surface area contributed by atoms with E-state index in [1.165, 1.54) is 6.21 Å². The maximum Gasteiger partial charge on any atom is 0.277 e. The number of hydrazone groups is 1. The number of halogens is 1.